The molecule has 2 amide bonds. The molecule has 7 nitrogen and oxygen atoms in total. The smallest absolute Gasteiger partial charge is 0.319 e. The lowest BCUT2D eigenvalue weighted by Gasteiger charge is -2.13. The van der Waals surface area contributed by atoms with Crippen molar-refractivity contribution in [3.63, 3.8) is 0 Å². The average molecular weight is 353 g/mol. The molecule has 1 atom stereocenters. The molecule has 0 aliphatic rings. The van der Waals surface area contributed by atoms with Crippen molar-refractivity contribution in [2.45, 2.75) is 11.0 Å². The van der Waals surface area contributed by atoms with Crippen LogP contribution in [0.5, 0.6) is 0 Å². The number of aliphatic hydroxyl groups excluding tert-OH is 1. The largest absolute Gasteiger partial charge is 0.386 e. The topological polar surface area (TPSA) is 122 Å². The maximum absolute atomic E-state index is 13.5. The fraction of sp³-hybridized carbons (Fsp3) is 0.133. The monoisotopic (exact) mass is 353 g/mol. The molecule has 0 fully saturated rings. The lowest BCUT2D eigenvalue weighted by molar-refractivity contribution is 0.170. The SMILES string of the molecule is NS(=O)(=O)c1ccc(NC(=O)NC[C@H](O)c2ccccc2F)cc1. The van der Waals surface area contributed by atoms with Crippen molar-refractivity contribution in [3.8, 4) is 0 Å². The van der Waals surface area contributed by atoms with Crippen LogP contribution in [0.3, 0.4) is 0 Å². The minimum absolute atomic E-state index is 0.0790. The Labute approximate surface area is 138 Å². The van der Waals surface area contributed by atoms with Gasteiger partial charge in [0.25, 0.3) is 0 Å². The van der Waals surface area contributed by atoms with Crippen LogP contribution in [0.15, 0.2) is 53.4 Å². The van der Waals surface area contributed by atoms with E-state index >= 15 is 0 Å². The number of benzene rings is 2. The Kier molecular flexibility index (Phi) is 5.50. The number of primary sulfonamides is 1. The van der Waals surface area contributed by atoms with E-state index in [0.717, 1.165) is 0 Å². The summed E-state index contributed by atoms with van der Waals surface area (Å²) in [7, 11) is -3.80. The number of aliphatic hydroxyl groups is 1. The zero-order valence-electron chi connectivity index (χ0n) is 12.4. The molecule has 24 heavy (non-hydrogen) atoms. The first-order valence-corrected chi connectivity index (χ1v) is 8.42. The molecular weight excluding hydrogens is 337 g/mol. The van der Waals surface area contributed by atoms with Crippen LogP contribution in [0.1, 0.15) is 11.7 Å². The van der Waals surface area contributed by atoms with Gasteiger partial charge in [-0.25, -0.2) is 22.7 Å². The first-order chi connectivity index (χ1) is 11.3. The zero-order valence-corrected chi connectivity index (χ0v) is 13.3. The molecule has 9 heteroatoms. The molecular formula is C15H16FN3O4S. The van der Waals surface area contributed by atoms with Gasteiger partial charge < -0.3 is 15.7 Å². The Morgan fingerprint density at radius 3 is 2.38 bits per heavy atom. The second-order valence-corrected chi connectivity index (χ2v) is 6.50. The molecule has 0 bridgehead atoms. The maximum atomic E-state index is 13.5. The van der Waals surface area contributed by atoms with Gasteiger partial charge in [0, 0.05) is 17.8 Å². The normalized spacial score (nSPS) is 12.5. The number of sulfonamides is 1. The van der Waals surface area contributed by atoms with E-state index in [2.05, 4.69) is 10.6 Å². The lowest BCUT2D eigenvalue weighted by atomic mass is 10.1. The molecule has 0 saturated carbocycles. The summed E-state index contributed by atoms with van der Waals surface area (Å²) in [6.07, 6.45) is -1.19. The second-order valence-electron chi connectivity index (χ2n) is 4.94. The highest BCUT2D eigenvalue weighted by molar-refractivity contribution is 7.89. The van der Waals surface area contributed by atoms with E-state index < -0.39 is 28.0 Å². The van der Waals surface area contributed by atoms with E-state index in [1.807, 2.05) is 0 Å². The number of urea groups is 1. The summed E-state index contributed by atoms with van der Waals surface area (Å²) in [6.45, 7) is -0.192. The highest BCUT2D eigenvalue weighted by Gasteiger charge is 2.13. The Morgan fingerprint density at radius 1 is 1.17 bits per heavy atom. The third kappa shape index (κ3) is 4.75. The quantitative estimate of drug-likeness (QED) is 0.648. The van der Waals surface area contributed by atoms with Crippen LogP contribution < -0.4 is 15.8 Å². The molecule has 2 rings (SSSR count). The van der Waals surface area contributed by atoms with E-state index in [1.165, 1.54) is 42.5 Å². The number of anilines is 1. The van der Waals surface area contributed by atoms with E-state index in [-0.39, 0.29) is 17.0 Å². The first kappa shape index (κ1) is 17.9. The Hall–Kier alpha value is -2.49. The van der Waals surface area contributed by atoms with Crippen molar-refractivity contribution < 1.29 is 22.7 Å². The van der Waals surface area contributed by atoms with Gasteiger partial charge in [0.2, 0.25) is 10.0 Å². The van der Waals surface area contributed by atoms with Gasteiger partial charge in [0.15, 0.2) is 0 Å². The van der Waals surface area contributed by atoms with Crippen LogP contribution in [-0.4, -0.2) is 26.1 Å². The minimum Gasteiger partial charge on any atom is -0.386 e. The molecule has 0 aliphatic carbocycles. The molecule has 2 aromatic carbocycles. The molecule has 2 aromatic rings. The van der Waals surface area contributed by atoms with Crippen LogP contribution in [-0.2, 0) is 10.0 Å². The standard InChI is InChI=1S/C15H16FN3O4S/c16-13-4-2-1-3-12(13)14(20)9-18-15(21)19-10-5-7-11(8-6-10)24(17,22)23/h1-8,14,20H,9H2,(H2,17,22,23)(H2,18,19,21)/t14-/m0/s1. The van der Waals surface area contributed by atoms with Gasteiger partial charge in [-0.3, -0.25) is 0 Å². The molecule has 5 N–H and O–H groups in total. The van der Waals surface area contributed by atoms with Gasteiger partial charge in [-0.15, -0.1) is 0 Å². The van der Waals surface area contributed by atoms with Crippen molar-refractivity contribution in [2.24, 2.45) is 5.14 Å². The molecule has 0 aromatic heterocycles. The summed E-state index contributed by atoms with van der Waals surface area (Å²) in [4.78, 5) is 11.7. The summed E-state index contributed by atoms with van der Waals surface area (Å²) in [5, 5.41) is 19.7. The van der Waals surface area contributed by atoms with Crippen molar-refractivity contribution in [1.82, 2.24) is 5.32 Å². The van der Waals surface area contributed by atoms with E-state index in [4.69, 9.17) is 5.14 Å². The molecule has 0 aliphatic heterocycles. The minimum atomic E-state index is -3.80. The van der Waals surface area contributed by atoms with Gasteiger partial charge in [-0.1, -0.05) is 18.2 Å². The van der Waals surface area contributed by atoms with Crippen LogP contribution >= 0.6 is 0 Å². The summed E-state index contributed by atoms with van der Waals surface area (Å²) >= 11 is 0. The molecule has 0 radical (unpaired) electrons. The number of nitrogens with two attached hydrogens (primary N) is 1. The van der Waals surface area contributed by atoms with Crippen LogP contribution in [0.25, 0.3) is 0 Å². The van der Waals surface area contributed by atoms with Crippen molar-refractivity contribution in [3.05, 3.63) is 59.9 Å². The number of halogens is 1. The molecule has 0 unspecified atom stereocenters. The maximum Gasteiger partial charge on any atom is 0.319 e. The number of hydrogen-bond donors (Lipinski definition) is 4. The Balaban J connectivity index is 1.91. The average Bonchev–Trinajstić information content (AvgIpc) is 2.53. The van der Waals surface area contributed by atoms with Gasteiger partial charge >= 0.3 is 6.03 Å². The molecule has 0 heterocycles. The summed E-state index contributed by atoms with van der Waals surface area (Å²) in [5.41, 5.74) is 0.413. The van der Waals surface area contributed by atoms with Gasteiger partial charge in [0.1, 0.15) is 5.82 Å². The van der Waals surface area contributed by atoms with Gasteiger partial charge in [-0.2, -0.15) is 0 Å². The number of amides is 2. The van der Waals surface area contributed by atoms with Crippen LogP contribution in [0, 0.1) is 5.82 Å². The molecule has 128 valence electrons. The lowest BCUT2D eigenvalue weighted by Crippen LogP contribution is -2.32. The van der Waals surface area contributed by atoms with E-state index in [1.54, 1.807) is 6.07 Å². The van der Waals surface area contributed by atoms with Crippen LogP contribution in [0.4, 0.5) is 14.9 Å². The predicted molar refractivity (Wildman–Crippen MR) is 86.2 cm³/mol. The number of rotatable bonds is 5. The highest BCUT2D eigenvalue weighted by atomic mass is 32.2. The summed E-state index contributed by atoms with van der Waals surface area (Å²) in [6, 6.07) is 10.3. The Morgan fingerprint density at radius 2 is 1.79 bits per heavy atom. The van der Waals surface area contributed by atoms with Crippen molar-refractivity contribution in [1.29, 1.82) is 0 Å². The third-order valence-electron chi connectivity index (χ3n) is 3.16. The van der Waals surface area contributed by atoms with Crippen molar-refractivity contribution >= 4 is 21.7 Å². The van der Waals surface area contributed by atoms with Gasteiger partial charge in [-0.05, 0) is 30.3 Å². The number of carbonyl (C=O) groups excluding carboxylic acids is 1. The zero-order chi connectivity index (χ0) is 17.7. The highest BCUT2D eigenvalue weighted by Crippen LogP contribution is 2.16. The fourth-order valence-corrected chi connectivity index (χ4v) is 2.46. The second kappa shape index (κ2) is 7.39. The van der Waals surface area contributed by atoms with Crippen LogP contribution in [0.2, 0.25) is 0 Å². The van der Waals surface area contributed by atoms with E-state index in [0.29, 0.717) is 5.69 Å². The number of nitrogens with one attached hydrogen (secondary N) is 2. The third-order valence-corrected chi connectivity index (χ3v) is 4.09. The Bertz CT molecular complexity index is 825. The first-order valence-electron chi connectivity index (χ1n) is 6.87. The molecule has 0 saturated heterocycles. The molecule has 0 spiro atoms. The predicted octanol–water partition coefficient (Wildman–Crippen LogP) is 1.33. The van der Waals surface area contributed by atoms with Crippen molar-refractivity contribution in [2.75, 3.05) is 11.9 Å². The van der Waals surface area contributed by atoms with Gasteiger partial charge in [0.05, 0.1) is 11.0 Å². The number of carbonyl (C=O) groups is 1. The number of hydrogen-bond acceptors (Lipinski definition) is 4. The summed E-state index contributed by atoms with van der Waals surface area (Å²) in [5.74, 6) is -0.564. The van der Waals surface area contributed by atoms with E-state index in [9.17, 15) is 22.7 Å². The fourth-order valence-electron chi connectivity index (χ4n) is 1.95. The summed E-state index contributed by atoms with van der Waals surface area (Å²) < 4.78 is 35.7.